The molecule has 0 aromatic heterocycles. The van der Waals surface area contributed by atoms with Crippen molar-refractivity contribution in [3.8, 4) is 0 Å². The summed E-state index contributed by atoms with van der Waals surface area (Å²) in [5.74, 6) is -0.222. The first-order chi connectivity index (χ1) is 11.2. The van der Waals surface area contributed by atoms with Crippen LogP contribution < -0.4 is 0 Å². The highest BCUT2D eigenvalue weighted by Crippen LogP contribution is 2.52. The third-order valence-electron chi connectivity index (χ3n) is 6.33. The van der Waals surface area contributed by atoms with E-state index in [0.717, 1.165) is 36.8 Å². The molecule has 1 saturated heterocycles. The molecule has 4 rings (SSSR count). The molecule has 7 nitrogen and oxygen atoms in total. The summed E-state index contributed by atoms with van der Waals surface area (Å²) in [5.41, 5.74) is -1.18. The number of hydrogen-bond donors (Lipinski definition) is 2. The normalized spacial score (nSPS) is 43.5. The number of nitrogens with zero attached hydrogens (tertiary/aromatic N) is 3. The average Bonchev–Trinajstić information content (AvgIpc) is 2.82. The maximum atomic E-state index is 13.4. The molecular weight excluding hydrogens is 298 g/mol. The number of aliphatic hydroxyl groups is 1. The van der Waals surface area contributed by atoms with Crippen molar-refractivity contribution in [3.63, 3.8) is 0 Å². The molecule has 4 aliphatic rings. The summed E-state index contributed by atoms with van der Waals surface area (Å²) < 4.78 is 6.57. The van der Waals surface area contributed by atoms with Crippen LogP contribution in [0.4, 0.5) is 0 Å². The molecule has 2 N–H and O–H groups in total. The lowest BCUT2D eigenvalue weighted by molar-refractivity contribution is -0.591. The Bertz CT molecular complexity index is 558. The Labute approximate surface area is 135 Å². The molecule has 0 amide bonds. The SMILES string of the molecule is [O-][N+]1=C2CCCC(=NO)[C@@]2(O)[C@H]2CCCC[C@@]21N1CCOCC1. The Balaban J connectivity index is 1.85. The van der Waals surface area contributed by atoms with Crippen LogP contribution in [0.15, 0.2) is 5.16 Å². The van der Waals surface area contributed by atoms with Crippen LogP contribution in [0.5, 0.6) is 0 Å². The van der Waals surface area contributed by atoms with Gasteiger partial charge in [-0.2, -0.15) is 4.74 Å². The average molecular weight is 323 g/mol. The minimum atomic E-state index is -1.37. The van der Waals surface area contributed by atoms with Crippen molar-refractivity contribution in [2.24, 2.45) is 11.1 Å². The molecular formula is C16H25N3O4. The standard InChI is InChI=1S/C16H25N3O4/c20-16-12-4-1-2-7-15(12,18-8-10-23-11-9-18)19(22)14(16)6-3-5-13(16)17-21/h12,20-21H,1-11H2/t12-,15-,16-/m0/s1. The second kappa shape index (κ2) is 5.43. The van der Waals surface area contributed by atoms with Gasteiger partial charge in [0.15, 0.2) is 5.60 Å². The van der Waals surface area contributed by atoms with Crippen molar-refractivity contribution < 1.29 is 19.8 Å². The van der Waals surface area contributed by atoms with E-state index < -0.39 is 11.3 Å². The van der Waals surface area contributed by atoms with E-state index in [4.69, 9.17) is 4.74 Å². The Kier molecular flexibility index (Phi) is 3.62. The Morgan fingerprint density at radius 3 is 2.74 bits per heavy atom. The smallest absolute Gasteiger partial charge is 0.235 e. The number of hydrogen-bond acceptors (Lipinski definition) is 6. The van der Waals surface area contributed by atoms with Crippen molar-refractivity contribution in [2.45, 2.75) is 56.2 Å². The molecule has 2 heterocycles. The summed E-state index contributed by atoms with van der Waals surface area (Å²) in [6, 6.07) is 0. The molecule has 2 aliphatic carbocycles. The molecule has 3 atom stereocenters. The largest absolute Gasteiger partial charge is 0.622 e. The fourth-order valence-corrected chi connectivity index (χ4v) is 5.37. The molecule has 0 spiro atoms. The lowest BCUT2D eigenvalue weighted by atomic mass is 9.65. The van der Waals surface area contributed by atoms with E-state index in [1.54, 1.807) is 0 Å². The summed E-state index contributed by atoms with van der Waals surface area (Å²) in [4.78, 5) is 2.21. The van der Waals surface area contributed by atoms with Crippen LogP contribution in [-0.4, -0.2) is 68.9 Å². The molecule has 0 bridgehead atoms. The van der Waals surface area contributed by atoms with Crippen molar-refractivity contribution in [1.29, 1.82) is 0 Å². The van der Waals surface area contributed by atoms with Crippen molar-refractivity contribution in [3.05, 3.63) is 5.21 Å². The molecule has 0 radical (unpaired) electrons. The van der Waals surface area contributed by atoms with Gasteiger partial charge in [-0.25, -0.2) is 4.90 Å². The highest BCUT2D eigenvalue weighted by Gasteiger charge is 2.71. The minimum absolute atomic E-state index is 0.222. The Morgan fingerprint density at radius 1 is 1.22 bits per heavy atom. The summed E-state index contributed by atoms with van der Waals surface area (Å²) in [5, 5.41) is 37.7. The lowest BCUT2D eigenvalue weighted by Crippen LogP contribution is -2.65. The van der Waals surface area contributed by atoms with Gasteiger partial charge in [0.1, 0.15) is 0 Å². The van der Waals surface area contributed by atoms with Gasteiger partial charge in [-0.15, -0.1) is 0 Å². The molecule has 0 aromatic carbocycles. The van der Waals surface area contributed by atoms with Crippen LogP contribution in [0.2, 0.25) is 0 Å². The highest BCUT2D eigenvalue weighted by molar-refractivity contribution is 6.15. The van der Waals surface area contributed by atoms with Gasteiger partial charge in [0, 0.05) is 25.9 Å². The number of fused-ring (bicyclic) bond motifs is 3. The lowest BCUT2D eigenvalue weighted by Gasteiger charge is -2.47. The molecule has 0 aromatic rings. The predicted octanol–water partition coefficient (Wildman–Crippen LogP) is 0.915. The molecule has 2 aliphatic heterocycles. The zero-order valence-electron chi connectivity index (χ0n) is 13.4. The van der Waals surface area contributed by atoms with Crippen molar-refractivity contribution in [2.75, 3.05) is 26.3 Å². The van der Waals surface area contributed by atoms with Crippen molar-refractivity contribution >= 4 is 11.4 Å². The molecule has 7 heteroatoms. The van der Waals surface area contributed by atoms with Gasteiger partial charge in [-0.1, -0.05) is 11.6 Å². The van der Waals surface area contributed by atoms with Gasteiger partial charge in [0.25, 0.3) is 0 Å². The van der Waals surface area contributed by atoms with Crippen LogP contribution in [0.3, 0.4) is 0 Å². The summed E-state index contributed by atoms with van der Waals surface area (Å²) in [6.07, 6.45) is 5.42. The zero-order chi connectivity index (χ0) is 16.1. The van der Waals surface area contributed by atoms with E-state index in [2.05, 4.69) is 10.1 Å². The van der Waals surface area contributed by atoms with Crippen LogP contribution in [-0.2, 0) is 4.74 Å². The maximum Gasteiger partial charge on any atom is 0.235 e. The third-order valence-corrected chi connectivity index (χ3v) is 6.33. The zero-order valence-corrected chi connectivity index (χ0v) is 13.4. The van der Waals surface area contributed by atoms with E-state index in [1.807, 2.05) is 0 Å². The predicted molar refractivity (Wildman–Crippen MR) is 83.7 cm³/mol. The van der Waals surface area contributed by atoms with Crippen molar-refractivity contribution in [1.82, 2.24) is 4.90 Å². The van der Waals surface area contributed by atoms with Gasteiger partial charge < -0.3 is 20.3 Å². The molecule has 128 valence electrons. The fourth-order valence-electron chi connectivity index (χ4n) is 5.37. The number of ether oxygens (including phenoxy) is 1. The van der Waals surface area contributed by atoms with E-state index in [0.29, 0.717) is 50.6 Å². The molecule has 23 heavy (non-hydrogen) atoms. The quantitative estimate of drug-likeness (QED) is 0.324. The van der Waals surface area contributed by atoms with E-state index in [9.17, 15) is 15.5 Å². The third kappa shape index (κ3) is 1.87. The van der Waals surface area contributed by atoms with Gasteiger partial charge in [0.2, 0.25) is 11.4 Å². The van der Waals surface area contributed by atoms with Crippen LogP contribution >= 0.6 is 0 Å². The number of oxime groups is 1. The first kappa shape index (κ1) is 15.4. The topological polar surface area (TPSA) is 91.4 Å². The number of hydroxylamine groups is 1. The van der Waals surface area contributed by atoms with E-state index in [-0.39, 0.29) is 5.92 Å². The summed E-state index contributed by atoms with van der Waals surface area (Å²) in [7, 11) is 0. The number of morpholine rings is 1. The Morgan fingerprint density at radius 2 is 2.00 bits per heavy atom. The monoisotopic (exact) mass is 323 g/mol. The second-order valence-corrected chi connectivity index (χ2v) is 7.18. The minimum Gasteiger partial charge on any atom is -0.622 e. The maximum absolute atomic E-state index is 13.4. The second-order valence-electron chi connectivity index (χ2n) is 7.18. The molecule has 2 saturated carbocycles. The van der Waals surface area contributed by atoms with Gasteiger partial charge in [-0.3, -0.25) is 0 Å². The molecule has 0 unspecified atom stereocenters. The summed E-state index contributed by atoms with van der Waals surface area (Å²) in [6.45, 7) is 2.67. The van der Waals surface area contributed by atoms with Crippen LogP contribution in [0.25, 0.3) is 0 Å². The Hall–Kier alpha value is -1.18. The first-order valence-corrected chi connectivity index (χ1v) is 8.76. The number of rotatable bonds is 1. The van der Waals surface area contributed by atoms with E-state index >= 15 is 0 Å². The fraction of sp³-hybridized carbons (Fsp3) is 0.875. The van der Waals surface area contributed by atoms with Gasteiger partial charge in [0.05, 0.1) is 24.8 Å². The highest BCUT2D eigenvalue weighted by atomic mass is 16.5. The van der Waals surface area contributed by atoms with Gasteiger partial charge >= 0.3 is 0 Å². The van der Waals surface area contributed by atoms with Crippen LogP contribution in [0.1, 0.15) is 44.9 Å². The summed E-state index contributed by atoms with van der Waals surface area (Å²) >= 11 is 0. The van der Waals surface area contributed by atoms with Crippen LogP contribution in [0, 0.1) is 11.1 Å². The molecule has 3 fully saturated rings. The first-order valence-electron chi connectivity index (χ1n) is 8.76. The van der Waals surface area contributed by atoms with Gasteiger partial charge in [-0.05, 0) is 25.7 Å². The van der Waals surface area contributed by atoms with E-state index in [1.165, 1.54) is 0 Å².